The molecule has 4 rings (SSSR count). The van der Waals surface area contributed by atoms with E-state index in [0.29, 0.717) is 0 Å². The second-order valence-electron chi connectivity index (χ2n) is 6.06. The van der Waals surface area contributed by atoms with Crippen LogP contribution in [0.2, 0.25) is 0 Å². The number of pyridine rings is 1. The van der Waals surface area contributed by atoms with Crippen LogP contribution in [0.4, 0.5) is 0 Å². The first kappa shape index (κ1) is 16.1. The van der Waals surface area contributed by atoms with Crippen LogP contribution in [0, 0.1) is 0 Å². The number of nitrogens with zero attached hydrogens (tertiary/aromatic N) is 1. The van der Waals surface area contributed by atoms with Crippen LogP contribution >= 0.6 is 0 Å². The molecule has 0 spiro atoms. The average molecular weight is 338 g/mol. The second-order valence-corrected chi connectivity index (χ2v) is 6.06. The maximum absolute atomic E-state index is 5.33. The third-order valence-electron chi connectivity index (χ3n) is 4.46. The fourth-order valence-electron chi connectivity index (χ4n) is 3.19. The SMILES string of the molecule is COc1ccc(-[n+]2c(-c3ccccc3)cccc2-c2ccccc2)cc1. The minimum Gasteiger partial charge on any atom is -0.497 e. The van der Waals surface area contributed by atoms with Gasteiger partial charge in [-0.2, -0.15) is 4.57 Å². The summed E-state index contributed by atoms with van der Waals surface area (Å²) < 4.78 is 7.62. The largest absolute Gasteiger partial charge is 0.497 e. The van der Waals surface area contributed by atoms with Crippen molar-refractivity contribution in [3.8, 4) is 34.0 Å². The Kier molecular flexibility index (Phi) is 4.48. The molecule has 1 aromatic heterocycles. The number of ether oxygens (including phenoxy) is 1. The second kappa shape index (κ2) is 7.24. The Labute approximate surface area is 154 Å². The Balaban J connectivity index is 1.98. The Morgan fingerprint density at radius 3 is 1.50 bits per heavy atom. The van der Waals surface area contributed by atoms with E-state index >= 15 is 0 Å². The van der Waals surface area contributed by atoms with Crippen molar-refractivity contribution >= 4 is 0 Å². The number of benzene rings is 3. The average Bonchev–Trinajstić information content (AvgIpc) is 2.74. The summed E-state index contributed by atoms with van der Waals surface area (Å²) in [6.45, 7) is 0. The number of hydrogen-bond acceptors (Lipinski definition) is 1. The van der Waals surface area contributed by atoms with Gasteiger partial charge in [-0.1, -0.05) is 36.4 Å². The molecule has 0 atom stereocenters. The molecule has 0 fully saturated rings. The summed E-state index contributed by atoms with van der Waals surface area (Å²) >= 11 is 0. The minimum absolute atomic E-state index is 0.854. The van der Waals surface area contributed by atoms with Gasteiger partial charge in [-0.05, 0) is 42.5 Å². The van der Waals surface area contributed by atoms with Gasteiger partial charge >= 0.3 is 0 Å². The lowest BCUT2D eigenvalue weighted by Gasteiger charge is -2.09. The van der Waals surface area contributed by atoms with Crippen LogP contribution < -0.4 is 9.30 Å². The first-order valence-electron chi connectivity index (χ1n) is 8.67. The van der Waals surface area contributed by atoms with Crippen molar-refractivity contribution in [3.05, 3.63) is 103 Å². The zero-order chi connectivity index (χ0) is 17.8. The topological polar surface area (TPSA) is 13.1 Å². The van der Waals surface area contributed by atoms with E-state index in [4.69, 9.17) is 4.74 Å². The lowest BCUT2D eigenvalue weighted by Crippen LogP contribution is -2.36. The molecular formula is C24H20NO+. The van der Waals surface area contributed by atoms with Crippen LogP contribution in [0.25, 0.3) is 28.2 Å². The summed E-state index contributed by atoms with van der Waals surface area (Å²) in [5.74, 6) is 0.854. The van der Waals surface area contributed by atoms with Crippen molar-refractivity contribution in [1.29, 1.82) is 0 Å². The normalized spacial score (nSPS) is 10.5. The number of methoxy groups -OCH3 is 1. The molecule has 126 valence electrons. The van der Waals surface area contributed by atoms with E-state index in [-0.39, 0.29) is 0 Å². The molecule has 0 aliphatic rings. The van der Waals surface area contributed by atoms with Crippen LogP contribution in [-0.4, -0.2) is 7.11 Å². The van der Waals surface area contributed by atoms with Gasteiger partial charge in [0.1, 0.15) is 5.75 Å². The zero-order valence-electron chi connectivity index (χ0n) is 14.7. The van der Waals surface area contributed by atoms with Crippen LogP contribution in [-0.2, 0) is 0 Å². The highest BCUT2D eigenvalue weighted by Gasteiger charge is 2.22. The highest BCUT2D eigenvalue weighted by Crippen LogP contribution is 2.24. The lowest BCUT2D eigenvalue weighted by atomic mass is 10.1. The Hall–Kier alpha value is -3.39. The zero-order valence-corrected chi connectivity index (χ0v) is 14.7. The van der Waals surface area contributed by atoms with Gasteiger partial charge in [0, 0.05) is 35.4 Å². The molecule has 3 aromatic carbocycles. The quantitative estimate of drug-likeness (QED) is 0.460. The molecule has 4 aromatic rings. The van der Waals surface area contributed by atoms with Crippen molar-refractivity contribution in [1.82, 2.24) is 0 Å². The molecule has 0 unspecified atom stereocenters. The van der Waals surface area contributed by atoms with E-state index in [1.165, 1.54) is 11.1 Å². The summed E-state index contributed by atoms with van der Waals surface area (Å²) in [6.07, 6.45) is 0. The van der Waals surface area contributed by atoms with E-state index in [2.05, 4.69) is 83.4 Å². The van der Waals surface area contributed by atoms with E-state index < -0.39 is 0 Å². The van der Waals surface area contributed by atoms with Crippen LogP contribution in [0.15, 0.2) is 103 Å². The van der Waals surface area contributed by atoms with Crippen LogP contribution in [0.3, 0.4) is 0 Å². The van der Waals surface area contributed by atoms with Crippen molar-refractivity contribution < 1.29 is 9.30 Å². The summed E-state index contributed by atoms with van der Waals surface area (Å²) in [6, 6.07) is 35.6. The summed E-state index contributed by atoms with van der Waals surface area (Å²) in [7, 11) is 1.69. The molecule has 26 heavy (non-hydrogen) atoms. The molecule has 0 amide bonds. The minimum atomic E-state index is 0.854. The molecule has 2 heteroatoms. The van der Waals surface area contributed by atoms with Gasteiger partial charge in [-0.3, -0.25) is 0 Å². The molecule has 2 nitrogen and oxygen atoms in total. The molecule has 0 radical (unpaired) electrons. The van der Waals surface area contributed by atoms with Crippen LogP contribution in [0.5, 0.6) is 5.75 Å². The molecule has 0 aliphatic carbocycles. The fraction of sp³-hybridized carbons (Fsp3) is 0.0417. The van der Waals surface area contributed by atoms with Gasteiger partial charge in [0.25, 0.3) is 0 Å². The van der Waals surface area contributed by atoms with Crippen molar-refractivity contribution in [3.63, 3.8) is 0 Å². The molecule has 0 N–H and O–H groups in total. The maximum Gasteiger partial charge on any atom is 0.219 e. The van der Waals surface area contributed by atoms with E-state index in [1.807, 2.05) is 24.3 Å². The van der Waals surface area contributed by atoms with E-state index in [0.717, 1.165) is 22.8 Å². The van der Waals surface area contributed by atoms with Gasteiger partial charge in [0.2, 0.25) is 17.1 Å². The van der Waals surface area contributed by atoms with Crippen LogP contribution in [0.1, 0.15) is 0 Å². The number of aromatic nitrogens is 1. The smallest absolute Gasteiger partial charge is 0.219 e. The predicted octanol–water partition coefficient (Wildman–Crippen LogP) is 5.31. The highest BCUT2D eigenvalue weighted by atomic mass is 16.5. The molecule has 0 aliphatic heterocycles. The summed E-state index contributed by atoms with van der Waals surface area (Å²) in [4.78, 5) is 0. The summed E-state index contributed by atoms with van der Waals surface area (Å²) in [5.41, 5.74) is 5.76. The van der Waals surface area contributed by atoms with Gasteiger partial charge in [0.05, 0.1) is 7.11 Å². The molecule has 0 saturated heterocycles. The third-order valence-corrected chi connectivity index (χ3v) is 4.46. The number of rotatable bonds is 4. The lowest BCUT2D eigenvalue weighted by molar-refractivity contribution is -0.572. The first-order valence-corrected chi connectivity index (χ1v) is 8.67. The predicted molar refractivity (Wildman–Crippen MR) is 105 cm³/mol. The summed E-state index contributed by atoms with van der Waals surface area (Å²) in [5, 5.41) is 0. The fourth-order valence-corrected chi connectivity index (χ4v) is 3.19. The molecule has 1 heterocycles. The van der Waals surface area contributed by atoms with Gasteiger partial charge < -0.3 is 4.74 Å². The Bertz CT molecular complexity index is 936. The van der Waals surface area contributed by atoms with E-state index in [9.17, 15) is 0 Å². The molecule has 0 bridgehead atoms. The maximum atomic E-state index is 5.33. The Morgan fingerprint density at radius 2 is 1.04 bits per heavy atom. The van der Waals surface area contributed by atoms with Gasteiger partial charge in [-0.15, -0.1) is 0 Å². The molecular weight excluding hydrogens is 318 g/mol. The van der Waals surface area contributed by atoms with Crippen molar-refractivity contribution in [2.75, 3.05) is 7.11 Å². The highest BCUT2D eigenvalue weighted by molar-refractivity contribution is 5.62. The van der Waals surface area contributed by atoms with E-state index in [1.54, 1.807) is 7.11 Å². The third kappa shape index (κ3) is 3.09. The monoisotopic (exact) mass is 338 g/mol. The molecule has 0 saturated carbocycles. The van der Waals surface area contributed by atoms with Gasteiger partial charge in [-0.25, -0.2) is 0 Å². The standard InChI is InChI=1S/C24H20NO/c1-26-22-17-15-21(16-18-22)25-23(19-9-4-2-5-10-19)13-8-14-24(25)20-11-6-3-7-12-20/h2-18H,1H3/q+1. The Morgan fingerprint density at radius 1 is 0.538 bits per heavy atom. The van der Waals surface area contributed by atoms with Crippen molar-refractivity contribution in [2.24, 2.45) is 0 Å². The van der Waals surface area contributed by atoms with Gasteiger partial charge in [0.15, 0.2) is 0 Å². The number of hydrogen-bond donors (Lipinski definition) is 0. The first-order chi connectivity index (χ1) is 12.9. The van der Waals surface area contributed by atoms with Crippen molar-refractivity contribution in [2.45, 2.75) is 0 Å².